The van der Waals surface area contributed by atoms with Crippen molar-refractivity contribution in [2.75, 3.05) is 20.3 Å². The fourth-order valence-corrected chi connectivity index (χ4v) is 2.85. The van der Waals surface area contributed by atoms with Crippen molar-refractivity contribution >= 4 is 5.96 Å². The normalized spacial score (nSPS) is 16.9. The van der Waals surface area contributed by atoms with E-state index in [4.69, 9.17) is 15.2 Å². The molecule has 0 radical (unpaired) electrons. The van der Waals surface area contributed by atoms with Gasteiger partial charge in [-0.3, -0.25) is 4.99 Å². The predicted molar refractivity (Wildman–Crippen MR) is 95.6 cm³/mol. The average Bonchev–Trinajstić information content (AvgIpc) is 2.62. The number of hydrogen-bond acceptors (Lipinski definition) is 3. The minimum Gasteiger partial charge on any atom is -0.497 e. The van der Waals surface area contributed by atoms with Gasteiger partial charge < -0.3 is 20.5 Å². The van der Waals surface area contributed by atoms with Crippen molar-refractivity contribution < 1.29 is 9.47 Å². The van der Waals surface area contributed by atoms with Crippen LogP contribution in [0.5, 0.6) is 11.5 Å². The van der Waals surface area contributed by atoms with Gasteiger partial charge in [0.25, 0.3) is 0 Å². The predicted octanol–water partition coefficient (Wildman–Crippen LogP) is 2.67. The van der Waals surface area contributed by atoms with Crippen molar-refractivity contribution in [3.05, 3.63) is 59.7 Å². The van der Waals surface area contributed by atoms with Gasteiger partial charge in [0.15, 0.2) is 5.96 Å². The molecule has 1 heterocycles. The molecule has 1 aliphatic rings. The Bertz CT molecular complexity index is 715. The highest BCUT2D eigenvalue weighted by Gasteiger charge is 2.21. The summed E-state index contributed by atoms with van der Waals surface area (Å²) in [6, 6.07) is 16.2. The number of aliphatic imine (C=N–C) groups is 1. The third-order valence-corrected chi connectivity index (χ3v) is 4.10. The Morgan fingerprint density at radius 3 is 3.04 bits per heavy atom. The summed E-state index contributed by atoms with van der Waals surface area (Å²) in [5.41, 5.74) is 8.37. The molecule has 126 valence electrons. The topological polar surface area (TPSA) is 68.9 Å². The van der Waals surface area contributed by atoms with E-state index in [1.54, 1.807) is 7.11 Å². The van der Waals surface area contributed by atoms with Crippen LogP contribution in [0.1, 0.15) is 23.6 Å². The highest BCUT2D eigenvalue weighted by molar-refractivity contribution is 5.78. The van der Waals surface area contributed by atoms with Crippen LogP contribution in [0.15, 0.2) is 53.5 Å². The van der Waals surface area contributed by atoms with Gasteiger partial charge in [0, 0.05) is 18.5 Å². The van der Waals surface area contributed by atoms with E-state index in [-0.39, 0.29) is 6.04 Å². The van der Waals surface area contributed by atoms with Gasteiger partial charge in [-0.2, -0.15) is 0 Å². The van der Waals surface area contributed by atoms with Gasteiger partial charge in [-0.1, -0.05) is 30.3 Å². The molecule has 0 bridgehead atoms. The third kappa shape index (κ3) is 3.98. The number of ether oxygens (including phenoxy) is 2. The summed E-state index contributed by atoms with van der Waals surface area (Å²) in [5, 5.41) is 3.31. The summed E-state index contributed by atoms with van der Waals surface area (Å²) in [6.45, 7) is 1.32. The number of fused-ring (bicyclic) bond motifs is 1. The first-order valence-electron chi connectivity index (χ1n) is 8.17. The van der Waals surface area contributed by atoms with E-state index in [0.717, 1.165) is 29.9 Å². The van der Waals surface area contributed by atoms with Crippen molar-refractivity contribution in [3.8, 4) is 11.5 Å². The van der Waals surface area contributed by atoms with E-state index in [2.05, 4.69) is 22.4 Å². The maximum atomic E-state index is 6.06. The lowest BCUT2D eigenvalue weighted by atomic mass is 10.0. The van der Waals surface area contributed by atoms with E-state index in [1.165, 1.54) is 5.56 Å². The Labute approximate surface area is 142 Å². The smallest absolute Gasteiger partial charge is 0.189 e. The molecule has 0 spiro atoms. The largest absolute Gasteiger partial charge is 0.497 e. The van der Waals surface area contributed by atoms with E-state index < -0.39 is 0 Å². The molecule has 1 aliphatic heterocycles. The highest BCUT2D eigenvalue weighted by Crippen LogP contribution is 2.31. The molecule has 3 N–H and O–H groups in total. The zero-order valence-electron chi connectivity index (χ0n) is 13.9. The number of nitrogens with one attached hydrogen (secondary N) is 1. The number of para-hydroxylation sites is 1. The molecule has 0 aromatic heterocycles. The minimum absolute atomic E-state index is 0.149. The van der Waals surface area contributed by atoms with Crippen molar-refractivity contribution in [2.45, 2.75) is 18.9 Å². The molecule has 2 aromatic carbocycles. The summed E-state index contributed by atoms with van der Waals surface area (Å²) in [5.74, 6) is 2.26. The molecule has 24 heavy (non-hydrogen) atoms. The Morgan fingerprint density at radius 1 is 1.29 bits per heavy atom. The second-order valence-corrected chi connectivity index (χ2v) is 5.74. The third-order valence-electron chi connectivity index (χ3n) is 4.10. The van der Waals surface area contributed by atoms with Crippen LogP contribution in [0, 0.1) is 0 Å². The van der Waals surface area contributed by atoms with Crippen molar-refractivity contribution in [1.82, 2.24) is 5.32 Å². The summed E-state index contributed by atoms with van der Waals surface area (Å²) in [7, 11) is 1.67. The molecular formula is C19H23N3O2. The Morgan fingerprint density at radius 2 is 2.17 bits per heavy atom. The van der Waals surface area contributed by atoms with Gasteiger partial charge in [-0.15, -0.1) is 0 Å². The standard InChI is InChI=1S/C19H23N3O2/c1-23-15-6-4-5-14(13-15)9-11-21-19(20)22-17-10-12-24-18-8-3-2-7-16(17)18/h2-8,13,17H,9-12H2,1H3,(H3,20,21,22). The fourth-order valence-electron chi connectivity index (χ4n) is 2.85. The van der Waals surface area contributed by atoms with E-state index in [9.17, 15) is 0 Å². The second-order valence-electron chi connectivity index (χ2n) is 5.74. The zero-order chi connectivity index (χ0) is 16.8. The summed E-state index contributed by atoms with van der Waals surface area (Å²) >= 11 is 0. The molecule has 0 amide bonds. The highest BCUT2D eigenvalue weighted by atomic mass is 16.5. The van der Waals surface area contributed by atoms with E-state index >= 15 is 0 Å². The lowest BCUT2D eigenvalue weighted by Crippen LogP contribution is -2.37. The van der Waals surface area contributed by atoms with Gasteiger partial charge >= 0.3 is 0 Å². The van der Waals surface area contributed by atoms with Crippen molar-refractivity contribution in [3.63, 3.8) is 0 Å². The molecular weight excluding hydrogens is 302 g/mol. The van der Waals surface area contributed by atoms with Gasteiger partial charge in [0.1, 0.15) is 11.5 Å². The molecule has 1 atom stereocenters. The van der Waals surface area contributed by atoms with E-state index in [0.29, 0.717) is 19.1 Å². The lowest BCUT2D eigenvalue weighted by molar-refractivity contribution is 0.262. The second kappa shape index (κ2) is 7.73. The quantitative estimate of drug-likeness (QED) is 0.655. The molecule has 2 aromatic rings. The van der Waals surface area contributed by atoms with Crippen LogP contribution < -0.4 is 20.5 Å². The molecule has 0 saturated carbocycles. The van der Waals surface area contributed by atoms with Crippen LogP contribution >= 0.6 is 0 Å². The van der Waals surface area contributed by atoms with E-state index in [1.807, 2.05) is 36.4 Å². The van der Waals surface area contributed by atoms with Crippen LogP contribution in [0.2, 0.25) is 0 Å². The van der Waals surface area contributed by atoms with Crippen LogP contribution in [-0.4, -0.2) is 26.2 Å². The number of nitrogens with two attached hydrogens (primary N) is 1. The van der Waals surface area contributed by atoms with Gasteiger partial charge in [-0.05, 0) is 30.2 Å². The minimum atomic E-state index is 0.149. The van der Waals surface area contributed by atoms with Gasteiger partial charge in [0.2, 0.25) is 0 Å². The molecule has 3 rings (SSSR count). The number of guanidine groups is 1. The average molecular weight is 325 g/mol. The molecule has 0 aliphatic carbocycles. The maximum absolute atomic E-state index is 6.06. The van der Waals surface area contributed by atoms with Crippen LogP contribution in [-0.2, 0) is 6.42 Å². The first-order valence-corrected chi connectivity index (χ1v) is 8.17. The number of benzene rings is 2. The summed E-state index contributed by atoms with van der Waals surface area (Å²) in [6.07, 6.45) is 1.70. The molecule has 5 heteroatoms. The SMILES string of the molecule is COc1cccc(CCN=C(N)NC2CCOc3ccccc32)c1. The van der Waals surface area contributed by atoms with Gasteiger partial charge in [-0.25, -0.2) is 0 Å². The lowest BCUT2D eigenvalue weighted by Gasteiger charge is -2.26. The van der Waals surface area contributed by atoms with Crippen molar-refractivity contribution in [1.29, 1.82) is 0 Å². The Kier molecular flexibility index (Phi) is 5.21. The van der Waals surface area contributed by atoms with Crippen LogP contribution in [0.3, 0.4) is 0 Å². The monoisotopic (exact) mass is 325 g/mol. The zero-order valence-corrected chi connectivity index (χ0v) is 13.9. The Balaban J connectivity index is 1.57. The number of hydrogen-bond donors (Lipinski definition) is 2. The number of rotatable bonds is 5. The fraction of sp³-hybridized carbons (Fsp3) is 0.316. The first-order chi connectivity index (χ1) is 11.8. The maximum Gasteiger partial charge on any atom is 0.189 e. The number of methoxy groups -OCH3 is 1. The number of nitrogens with zero attached hydrogens (tertiary/aromatic N) is 1. The molecule has 0 saturated heterocycles. The van der Waals surface area contributed by atoms with Gasteiger partial charge in [0.05, 0.1) is 19.8 Å². The summed E-state index contributed by atoms with van der Waals surface area (Å²) < 4.78 is 10.9. The van der Waals surface area contributed by atoms with Crippen LogP contribution in [0.25, 0.3) is 0 Å². The Hall–Kier alpha value is -2.69. The first kappa shape index (κ1) is 16.2. The van der Waals surface area contributed by atoms with Crippen molar-refractivity contribution in [2.24, 2.45) is 10.7 Å². The molecule has 0 fully saturated rings. The molecule has 1 unspecified atom stereocenters. The van der Waals surface area contributed by atoms with Crippen LogP contribution in [0.4, 0.5) is 0 Å². The summed E-state index contributed by atoms with van der Waals surface area (Å²) in [4.78, 5) is 4.44. The molecule has 5 nitrogen and oxygen atoms in total.